The number of hydrogen-bond donors (Lipinski definition) is 0. The van der Waals surface area contributed by atoms with E-state index in [1.165, 1.54) is 0 Å². The molecule has 0 bridgehead atoms. The minimum Gasteiger partial charge on any atom is -0.341 e. The molecule has 0 radical (unpaired) electrons. The van der Waals surface area contributed by atoms with Crippen molar-refractivity contribution >= 4 is 17.5 Å². The van der Waals surface area contributed by atoms with Gasteiger partial charge in [-0.25, -0.2) is 4.68 Å². The van der Waals surface area contributed by atoms with Crippen molar-refractivity contribution in [3.05, 3.63) is 88.3 Å². The topological polar surface area (TPSA) is 56.0 Å². The first-order chi connectivity index (χ1) is 15.8. The lowest BCUT2D eigenvalue weighted by Crippen LogP contribution is -2.26. The number of aryl methyl sites for hydroxylation is 2. The van der Waals surface area contributed by atoms with E-state index in [0.29, 0.717) is 24.4 Å². The molecule has 0 saturated carbocycles. The molecule has 4 rings (SSSR count). The Balaban J connectivity index is 1.56. The zero-order valence-corrected chi connectivity index (χ0v) is 20.2. The Morgan fingerprint density at radius 3 is 2.36 bits per heavy atom. The first-order valence-electron chi connectivity index (χ1n) is 11.0. The highest BCUT2D eigenvalue weighted by Gasteiger charge is 2.18. The van der Waals surface area contributed by atoms with Crippen LogP contribution in [0.4, 0.5) is 0 Å². The van der Waals surface area contributed by atoms with Crippen LogP contribution in [-0.4, -0.2) is 37.4 Å². The highest BCUT2D eigenvalue weighted by Crippen LogP contribution is 2.26. The molecule has 4 aromatic rings. The number of aromatic nitrogens is 4. The van der Waals surface area contributed by atoms with Crippen LogP contribution in [0.15, 0.2) is 60.8 Å². The van der Waals surface area contributed by atoms with Gasteiger partial charge in [0.15, 0.2) is 0 Å². The summed E-state index contributed by atoms with van der Waals surface area (Å²) in [6.45, 7) is 4.50. The first-order valence-corrected chi connectivity index (χ1v) is 11.3. The summed E-state index contributed by atoms with van der Waals surface area (Å²) in [5.74, 6) is 0.0900. The third kappa shape index (κ3) is 5.01. The summed E-state index contributed by atoms with van der Waals surface area (Å²) < 4.78 is 3.73. The smallest absolute Gasteiger partial charge is 0.222 e. The van der Waals surface area contributed by atoms with Gasteiger partial charge < -0.3 is 4.90 Å². The molecule has 6 nitrogen and oxygen atoms in total. The largest absolute Gasteiger partial charge is 0.341 e. The van der Waals surface area contributed by atoms with E-state index in [1.54, 1.807) is 4.90 Å². The molecular weight excluding hydrogens is 434 g/mol. The van der Waals surface area contributed by atoms with Crippen molar-refractivity contribution in [2.24, 2.45) is 7.05 Å². The zero-order valence-electron chi connectivity index (χ0n) is 19.4. The highest BCUT2D eigenvalue weighted by molar-refractivity contribution is 6.30. The zero-order chi connectivity index (χ0) is 23.5. The van der Waals surface area contributed by atoms with Crippen LogP contribution >= 0.6 is 11.6 Å². The number of rotatable bonds is 7. The molecule has 0 aliphatic carbocycles. The van der Waals surface area contributed by atoms with E-state index < -0.39 is 0 Å². The van der Waals surface area contributed by atoms with Gasteiger partial charge in [-0.2, -0.15) is 10.2 Å². The molecule has 0 unspecified atom stereocenters. The van der Waals surface area contributed by atoms with E-state index in [4.69, 9.17) is 16.7 Å². The van der Waals surface area contributed by atoms with Crippen LogP contribution in [0, 0.1) is 13.8 Å². The molecular formula is C26H28ClN5O. The predicted molar refractivity (Wildman–Crippen MR) is 131 cm³/mol. The quantitative estimate of drug-likeness (QED) is 0.383. The maximum Gasteiger partial charge on any atom is 0.222 e. The predicted octanol–water partition coefficient (Wildman–Crippen LogP) is 5.13. The summed E-state index contributed by atoms with van der Waals surface area (Å²) in [5.41, 5.74) is 7.00. The molecule has 2 aromatic heterocycles. The van der Waals surface area contributed by atoms with Crippen LogP contribution in [0.2, 0.25) is 5.02 Å². The summed E-state index contributed by atoms with van der Waals surface area (Å²) in [6, 6.07) is 17.6. The lowest BCUT2D eigenvalue weighted by Gasteiger charge is -2.17. The monoisotopic (exact) mass is 461 g/mol. The van der Waals surface area contributed by atoms with Gasteiger partial charge in [-0.05, 0) is 50.1 Å². The second-order valence-corrected chi connectivity index (χ2v) is 8.75. The average Bonchev–Trinajstić information content (AvgIpc) is 3.33. The molecule has 0 aliphatic rings. The van der Waals surface area contributed by atoms with Crippen molar-refractivity contribution in [1.82, 2.24) is 24.5 Å². The van der Waals surface area contributed by atoms with Crippen molar-refractivity contribution in [1.29, 1.82) is 0 Å². The molecule has 0 spiro atoms. The van der Waals surface area contributed by atoms with E-state index >= 15 is 0 Å². The number of carbonyl (C=O) groups excluding carboxylic acids is 1. The number of para-hydroxylation sites is 1. The van der Waals surface area contributed by atoms with Crippen LogP contribution in [0.25, 0.3) is 16.9 Å². The van der Waals surface area contributed by atoms with Crippen molar-refractivity contribution in [3.8, 4) is 16.9 Å². The standard InChI is InChI=1S/C26H28ClN5O/c1-18-24(19(2)31(4)28-18)14-15-25(33)30(3)16-21-17-32(23-8-6-5-7-9-23)29-26(21)20-10-12-22(27)13-11-20/h5-13,17H,14-16H2,1-4H3. The van der Waals surface area contributed by atoms with Gasteiger partial charge in [0.25, 0.3) is 0 Å². The Hall–Kier alpha value is -3.38. The molecule has 0 fully saturated rings. The fourth-order valence-corrected chi connectivity index (χ4v) is 4.16. The summed E-state index contributed by atoms with van der Waals surface area (Å²) in [4.78, 5) is 14.7. The van der Waals surface area contributed by atoms with Gasteiger partial charge in [0.1, 0.15) is 0 Å². The molecule has 1 amide bonds. The molecule has 33 heavy (non-hydrogen) atoms. The SMILES string of the molecule is Cc1nn(C)c(C)c1CCC(=O)N(C)Cc1cn(-c2ccccc2)nc1-c1ccc(Cl)cc1. The Labute approximate surface area is 199 Å². The van der Waals surface area contributed by atoms with Gasteiger partial charge in [0, 0.05) is 55.1 Å². The maximum absolute atomic E-state index is 13.0. The molecule has 0 saturated heterocycles. The van der Waals surface area contributed by atoms with Crippen LogP contribution in [0.5, 0.6) is 0 Å². The summed E-state index contributed by atoms with van der Waals surface area (Å²) in [5, 5.41) is 9.97. The molecule has 7 heteroatoms. The minimum atomic E-state index is 0.0900. The Morgan fingerprint density at radius 1 is 1.03 bits per heavy atom. The van der Waals surface area contributed by atoms with Gasteiger partial charge in [-0.15, -0.1) is 0 Å². The Morgan fingerprint density at radius 2 is 1.73 bits per heavy atom. The molecule has 0 aliphatic heterocycles. The first kappa shape index (κ1) is 22.8. The van der Waals surface area contributed by atoms with Gasteiger partial charge >= 0.3 is 0 Å². The molecule has 170 valence electrons. The molecule has 0 N–H and O–H groups in total. The number of hydrogen-bond acceptors (Lipinski definition) is 3. The fraction of sp³-hybridized carbons (Fsp3) is 0.269. The second kappa shape index (κ2) is 9.63. The van der Waals surface area contributed by atoms with Crippen molar-refractivity contribution in [3.63, 3.8) is 0 Å². The van der Waals surface area contributed by atoms with Crippen LogP contribution < -0.4 is 0 Å². The van der Waals surface area contributed by atoms with E-state index in [1.807, 2.05) is 98.1 Å². The van der Waals surface area contributed by atoms with Gasteiger partial charge in [-0.1, -0.05) is 41.9 Å². The Kier molecular flexibility index (Phi) is 6.65. The third-order valence-corrected chi connectivity index (χ3v) is 6.26. The third-order valence-electron chi connectivity index (χ3n) is 6.01. The molecule has 2 aromatic carbocycles. The van der Waals surface area contributed by atoms with Gasteiger partial charge in [0.05, 0.1) is 17.1 Å². The highest BCUT2D eigenvalue weighted by atomic mass is 35.5. The molecule has 2 heterocycles. The Bertz CT molecular complexity index is 1260. The minimum absolute atomic E-state index is 0.0900. The normalized spacial score (nSPS) is 11.1. The lowest BCUT2D eigenvalue weighted by molar-refractivity contribution is -0.130. The number of nitrogens with zero attached hydrogens (tertiary/aromatic N) is 5. The fourth-order valence-electron chi connectivity index (χ4n) is 4.03. The lowest BCUT2D eigenvalue weighted by atomic mass is 10.1. The molecule has 0 atom stereocenters. The van der Waals surface area contributed by atoms with E-state index in [0.717, 1.165) is 39.5 Å². The summed E-state index contributed by atoms with van der Waals surface area (Å²) in [6.07, 6.45) is 3.12. The van der Waals surface area contributed by atoms with Gasteiger partial charge in [-0.3, -0.25) is 9.48 Å². The van der Waals surface area contributed by atoms with E-state index in [9.17, 15) is 4.79 Å². The summed E-state index contributed by atoms with van der Waals surface area (Å²) in [7, 11) is 3.78. The van der Waals surface area contributed by atoms with E-state index in [2.05, 4.69) is 5.10 Å². The number of carbonyl (C=O) groups is 1. The number of benzene rings is 2. The van der Waals surface area contributed by atoms with E-state index in [-0.39, 0.29) is 5.91 Å². The van der Waals surface area contributed by atoms with Crippen molar-refractivity contribution < 1.29 is 4.79 Å². The van der Waals surface area contributed by atoms with Crippen molar-refractivity contribution in [2.45, 2.75) is 33.2 Å². The number of amides is 1. The van der Waals surface area contributed by atoms with Crippen LogP contribution in [0.1, 0.15) is 28.9 Å². The van der Waals surface area contributed by atoms with Crippen molar-refractivity contribution in [2.75, 3.05) is 7.05 Å². The maximum atomic E-state index is 13.0. The van der Waals surface area contributed by atoms with Gasteiger partial charge in [0.2, 0.25) is 5.91 Å². The van der Waals surface area contributed by atoms with Crippen LogP contribution in [-0.2, 0) is 24.8 Å². The average molecular weight is 462 g/mol. The number of halogens is 1. The second-order valence-electron chi connectivity index (χ2n) is 8.31. The van der Waals surface area contributed by atoms with Crippen LogP contribution in [0.3, 0.4) is 0 Å². The summed E-state index contributed by atoms with van der Waals surface area (Å²) >= 11 is 6.09.